The maximum absolute atomic E-state index is 13.8. The molecule has 2 aliphatic rings. The van der Waals surface area contributed by atoms with Crippen LogP contribution in [0.3, 0.4) is 0 Å². The van der Waals surface area contributed by atoms with Crippen LogP contribution in [0, 0.1) is 0 Å². The highest BCUT2D eigenvalue weighted by atomic mass is 19.4. The lowest BCUT2D eigenvalue weighted by Crippen LogP contribution is -2.46. The van der Waals surface area contributed by atoms with Gasteiger partial charge in [0.2, 0.25) is 17.2 Å². The maximum Gasteiger partial charge on any atom is 0.449 e. The molecule has 0 fully saturated rings. The summed E-state index contributed by atoms with van der Waals surface area (Å²) in [6.07, 6.45) is -3.99. The fourth-order valence-corrected chi connectivity index (χ4v) is 4.24. The van der Waals surface area contributed by atoms with Crippen molar-refractivity contribution >= 4 is 11.6 Å². The number of halogens is 3. The molecule has 5 rings (SSSR count). The molecule has 1 atom stereocenters. The number of benzene rings is 1. The van der Waals surface area contributed by atoms with Crippen molar-refractivity contribution in [2.45, 2.75) is 24.7 Å². The molecule has 0 spiro atoms. The summed E-state index contributed by atoms with van der Waals surface area (Å²) >= 11 is 0. The Kier molecular flexibility index (Phi) is 4.33. The molecule has 1 amide bonds. The van der Waals surface area contributed by atoms with Gasteiger partial charge in [-0.05, 0) is 36.2 Å². The van der Waals surface area contributed by atoms with E-state index in [9.17, 15) is 18.0 Å². The van der Waals surface area contributed by atoms with Crippen LogP contribution in [0.15, 0.2) is 52.9 Å². The monoisotopic (exact) mass is 430 g/mol. The smallest absolute Gasteiger partial charge is 0.449 e. The Balaban J connectivity index is 1.63. The van der Waals surface area contributed by atoms with Crippen LogP contribution in [0.4, 0.5) is 18.9 Å². The first-order valence-electron chi connectivity index (χ1n) is 9.60. The molecule has 0 saturated carbocycles. The van der Waals surface area contributed by atoms with Crippen molar-refractivity contribution in [3.05, 3.63) is 76.9 Å². The number of nitrogens with zero attached hydrogens (tertiary/aromatic N) is 2. The molecule has 1 unspecified atom stereocenters. The van der Waals surface area contributed by atoms with Crippen LogP contribution in [0.25, 0.3) is 0 Å². The number of hydrogen-bond acceptors (Lipinski definition) is 5. The normalized spacial score (nSPS) is 20.1. The average molecular weight is 430 g/mol. The Morgan fingerprint density at radius 1 is 1.16 bits per heavy atom. The number of alkyl halides is 3. The average Bonchev–Trinajstić information content (AvgIpc) is 3.34. The zero-order chi connectivity index (χ0) is 21.8. The molecule has 3 aromatic rings. The molecule has 0 saturated heterocycles. The lowest BCUT2D eigenvalue weighted by molar-refractivity contribution is -0.153. The van der Waals surface area contributed by atoms with Crippen LogP contribution >= 0.6 is 0 Å². The summed E-state index contributed by atoms with van der Waals surface area (Å²) in [6.45, 7) is 0.133. The van der Waals surface area contributed by atoms with Crippen molar-refractivity contribution < 1.29 is 31.9 Å². The number of hydrogen-bond donors (Lipinski definition) is 0. The maximum atomic E-state index is 13.8. The number of methoxy groups -OCH3 is 1. The first-order chi connectivity index (χ1) is 14.8. The predicted molar refractivity (Wildman–Crippen MR) is 103 cm³/mol. The number of rotatable bonds is 4. The highest BCUT2D eigenvalue weighted by Crippen LogP contribution is 2.51. The second-order valence-corrected chi connectivity index (χ2v) is 7.31. The molecule has 4 heterocycles. The van der Waals surface area contributed by atoms with Crippen LogP contribution in [-0.4, -0.2) is 24.6 Å². The SMILES string of the molecule is COc1cccc(C23OCCc4cccc(c42)N(Cc2ccc(C(F)(F)F)o2)C3=O)n1. The van der Waals surface area contributed by atoms with Crippen molar-refractivity contribution in [1.82, 2.24) is 4.98 Å². The lowest BCUT2D eigenvalue weighted by atomic mass is 9.84. The van der Waals surface area contributed by atoms with E-state index in [-0.39, 0.29) is 12.3 Å². The van der Waals surface area contributed by atoms with Gasteiger partial charge in [0.25, 0.3) is 5.91 Å². The standard InChI is InChI=1S/C22H17F3N2O4/c1-29-18-7-3-6-16(26-18)21-19-13(10-11-30-21)4-2-5-15(19)27(20(21)28)12-14-8-9-17(31-14)22(23,24)25/h2-9H,10-12H2,1H3. The molecule has 0 radical (unpaired) electrons. The van der Waals surface area contributed by atoms with Gasteiger partial charge in [-0.1, -0.05) is 18.2 Å². The lowest BCUT2D eigenvalue weighted by Gasteiger charge is -2.33. The van der Waals surface area contributed by atoms with Gasteiger partial charge in [-0.2, -0.15) is 13.2 Å². The van der Waals surface area contributed by atoms with Gasteiger partial charge in [-0.3, -0.25) is 4.79 Å². The van der Waals surface area contributed by atoms with Gasteiger partial charge in [0.05, 0.1) is 31.6 Å². The molecular formula is C22H17F3N2O4. The minimum Gasteiger partial charge on any atom is -0.481 e. The summed E-state index contributed by atoms with van der Waals surface area (Å²) in [5.74, 6) is -1.19. The molecule has 2 aromatic heterocycles. The number of amides is 1. The van der Waals surface area contributed by atoms with Crippen LogP contribution in [0.1, 0.15) is 28.3 Å². The van der Waals surface area contributed by atoms with E-state index in [1.807, 2.05) is 12.1 Å². The second-order valence-electron chi connectivity index (χ2n) is 7.31. The molecule has 0 N–H and O–H groups in total. The van der Waals surface area contributed by atoms with Gasteiger partial charge in [0.15, 0.2) is 0 Å². The minimum atomic E-state index is -4.60. The van der Waals surface area contributed by atoms with Gasteiger partial charge in [0, 0.05) is 11.6 Å². The predicted octanol–water partition coefficient (Wildman–Crippen LogP) is 4.07. The summed E-state index contributed by atoms with van der Waals surface area (Å²) in [4.78, 5) is 19.6. The molecular weight excluding hydrogens is 413 g/mol. The van der Waals surface area contributed by atoms with Gasteiger partial charge in [-0.15, -0.1) is 0 Å². The highest BCUT2D eigenvalue weighted by Gasteiger charge is 2.57. The summed E-state index contributed by atoms with van der Waals surface area (Å²) in [5.41, 5.74) is 1.03. The Morgan fingerprint density at radius 2 is 1.97 bits per heavy atom. The van der Waals surface area contributed by atoms with E-state index >= 15 is 0 Å². The third-order valence-electron chi connectivity index (χ3n) is 5.56. The van der Waals surface area contributed by atoms with Crippen molar-refractivity contribution in [2.75, 3.05) is 18.6 Å². The van der Waals surface area contributed by atoms with E-state index in [0.717, 1.165) is 11.6 Å². The quantitative estimate of drug-likeness (QED) is 0.625. The number of carbonyl (C=O) groups excluding carboxylic acids is 1. The van der Waals surface area contributed by atoms with E-state index < -0.39 is 23.4 Å². The number of furan rings is 1. The van der Waals surface area contributed by atoms with Crippen LogP contribution in [0.2, 0.25) is 0 Å². The van der Waals surface area contributed by atoms with E-state index in [0.29, 0.717) is 35.9 Å². The Labute approximate surface area is 175 Å². The van der Waals surface area contributed by atoms with Crippen LogP contribution in [-0.2, 0) is 34.3 Å². The third kappa shape index (κ3) is 2.91. The van der Waals surface area contributed by atoms with Gasteiger partial charge in [0.1, 0.15) is 5.76 Å². The summed E-state index contributed by atoms with van der Waals surface area (Å²) < 4.78 is 55.1. The largest absolute Gasteiger partial charge is 0.481 e. The number of carbonyl (C=O) groups is 1. The van der Waals surface area contributed by atoms with E-state index in [1.54, 1.807) is 24.3 Å². The fraction of sp³-hybridized carbons (Fsp3) is 0.273. The number of ether oxygens (including phenoxy) is 2. The molecule has 0 aliphatic carbocycles. The summed E-state index contributed by atoms with van der Waals surface area (Å²) in [7, 11) is 1.47. The van der Waals surface area contributed by atoms with Crippen molar-refractivity contribution in [1.29, 1.82) is 0 Å². The zero-order valence-electron chi connectivity index (χ0n) is 16.4. The molecule has 2 aliphatic heterocycles. The molecule has 9 heteroatoms. The van der Waals surface area contributed by atoms with E-state index in [2.05, 4.69) is 4.98 Å². The zero-order valence-corrected chi connectivity index (χ0v) is 16.4. The first-order valence-corrected chi connectivity index (χ1v) is 9.60. The Bertz CT molecular complexity index is 1170. The third-order valence-corrected chi connectivity index (χ3v) is 5.56. The fourth-order valence-electron chi connectivity index (χ4n) is 4.24. The van der Waals surface area contributed by atoms with Crippen molar-refractivity contribution in [3.63, 3.8) is 0 Å². The van der Waals surface area contributed by atoms with Gasteiger partial charge in [-0.25, -0.2) is 4.98 Å². The first kappa shape index (κ1) is 19.6. The van der Waals surface area contributed by atoms with Crippen molar-refractivity contribution in [3.8, 4) is 5.88 Å². The van der Waals surface area contributed by atoms with E-state index in [1.165, 1.54) is 18.1 Å². The second kappa shape index (κ2) is 6.84. The van der Waals surface area contributed by atoms with E-state index in [4.69, 9.17) is 13.9 Å². The summed E-state index contributed by atoms with van der Waals surface area (Å²) in [5, 5.41) is 0. The molecule has 1 aromatic carbocycles. The molecule has 6 nitrogen and oxygen atoms in total. The highest BCUT2D eigenvalue weighted by molar-refractivity contribution is 6.09. The van der Waals surface area contributed by atoms with Crippen molar-refractivity contribution in [2.24, 2.45) is 0 Å². The van der Waals surface area contributed by atoms with Crippen LogP contribution in [0.5, 0.6) is 5.88 Å². The number of pyridine rings is 1. The summed E-state index contributed by atoms with van der Waals surface area (Å²) in [6, 6.07) is 12.6. The minimum absolute atomic E-state index is 0.0191. The van der Waals surface area contributed by atoms with Gasteiger partial charge >= 0.3 is 6.18 Å². The molecule has 31 heavy (non-hydrogen) atoms. The van der Waals surface area contributed by atoms with Gasteiger partial charge < -0.3 is 18.8 Å². The number of aromatic nitrogens is 1. The molecule has 160 valence electrons. The Morgan fingerprint density at radius 3 is 2.71 bits per heavy atom. The topological polar surface area (TPSA) is 64.8 Å². The number of anilines is 1. The molecule has 0 bridgehead atoms. The van der Waals surface area contributed by atoms with Crippen LogP contribution < -0.4 is 9.64 Å². The Hall–Kier alpha value is -3.33.